The largest absolute Gasteiger partial charge is 0.399 e. The molecule has 4 nitrogen and oxygen atoms in total. The smallest absolute Gasteiger partial charge is 0.243 e. The summed E-state index contributed by atoms with van der Waals surface area (Å²) >= 11 is 0. The van der Waals surface area contributed by atoms with Crippen molar-refractivity contribution >= 4 is 15.7 Å². The molecule has 7 heteroatoms. The van der Waals surface area contributed by atoms with Crippen molar-refractivity contribution in [2.75, 3.05) is 5.73 Å². The Morgan fingerprint density at radius 3 is 2.07 bits per heavy atom. The van der Waals surface area contributed by atoms with Crippen LogP contribution in [0.15, 0.2) is 77.7 Å². The van der Waals surface area contributed by atoms with Crippen LogP contribution < -0.4 is 5.73 Å². The first kappa shape index (κ1) is 19.0. The van der Waals surface area contributed by atoms with Crippen molar-refractivity contribution in [2.45, 2.75) is 18.0 Å². The SMILES string of the molecule is Nc1ccc(S(=O)(=O)N(Cc2ccc(F)cc2)Cc2ccccc2F)cc1. The van der Waals surface area contributed by atoms with Gasteiger partial charge in [-0.05, 0) is 48.0 Å². The van der Waals surface area contributed by atoms with Crippen LogP contribution in [0, 0.1) is 11.6 Å². The van der Waals surface area contributed by atoms with Gasteiger partial charge in [-0.15, -0.1) is 0 Å². The molecule has 3 rings (SSSR count). The molecule has 0 bridgehead atoms. The van der Waals surface area contributed by atoms with E-state index < -0.39 is 21.7 Å². The standard InChI is InChI=1S/C20H18F2N2O2S/c21-17-7-5-15(6-8-17)13-24(14-16-3-1-2-4-20(16)22)27(25,26)19-11-9-18(23)10-12-19/h1-12H,13-14,23H2. The molecule has 0 aromatic heterocycles. The fraction of sp³-hybridized carbons (Fsp3) is 0.100. The van der Waals surface area contributed by atoms with E-state index in [-0.39, 0.29) is 23.5 Å². The molecule has 3 aromatic rings. The van der Waals surface area contributed by atoms with E-state index in [1.54, 1.807) is 6.07 Å². The Balaban J connectivity index is 1.99. The molecule has 0 aliphatic rings. The van der Waals surface area contributed by atoms with Crippen molar-refractivity contribution in [2.24, 2.45) is 0 Å². The van der Waals surface area contributed by atoms with E-state index in [9.17, 15) is 17.2 Å². The topological polar surface area (TPSA) is 63.4 Å². The van der Waals surface area contributed by atoms with Gasteiger partial charge in [0.25, 0.3) is 0 Å². The highest BCUT2D eigenvalue weighted by atomic mass is 32.2. The van der Waals surface area contributed by atoms with Crippen LogP contribution in [-0.4, -0.2) is 12.7 Å². The summed E-state index contributed by atoms with van der Waals surface area (Å²) < 4.78 is 54.7. The summed E-state index contributed by atoms with van der Waals surface area (Å²) in [5.41, 5.74) is 6.91. The van der Waals surface area contributed by atoms with E-state index in [1.165, 1.54) is 66.7 Å². The molecular formula is C20H18F2N2O2S. The Labute approximate surface area is 156 Å². The normalized spacial score (nSPS) is 11.7. The quantitative estimate of drug-likeness (QED) is 0.651. The second kappa shape index (κ2) is 7.85. The maximum absolute atomic E-state index is 14.1. The fourth-order valence-electron chi connectivity index (χ4n) is 2.62. The molecule has 0 spiro atoms. The second-order valence-electron chi connectivity index (χ2n) is 6.06. The first-order valence-corrected chi connectivity index (χ1v) is 9.64. The van der Waals surface area contributed by atoms with E-state index in [4.69, 9.17) is 5.73 Å². The van der Waals surface area contributed by atoms with E-state index in [0.29, 0.717) is 11.3 Å². The number of hydrogen-bond acceptors (Lipinski definition) is 3. The number of benzene rings is 3. The first-order chi connectivity index (χ1) is 12.9. The highest BCUT2D eigenvalue weighted by molar-refractivity contribution is 7.89. The molecule has 0 radical (unpaired) electrons. The molecular weight excluding hydrogens is 370 g/mol. The third kappa shape index (κ3) is 4.50. The van der Waals surface area contributed by atoms with Crippen LogP contribution in [0.5, 0.6) is 0 Å². The van der Waals surface area contributed by atoms with Gasteiger partial charge in [0.2, 0.25) is 10.0 Å². The summed E-state index contributed by atoms with van der Waals surface area (Å²) in [6.45, 7) is -0.182. The Bertz CT molecular complexity index is 1020. The van der Waals surface area contributed by atoms with Crippen molar-refractivity contribution in [3.8, 4) is 0 Å². The third-order valence-electron chi connectivity index (χ3n) is 4.09. The van der Waals surface area contributed by atoms with Gasteiger partial charge in [0.1, 0.15) is 11.6 Å². The lowest BCUT2D eigenvalue weighted by Gasteiger charge is -2.23. The number of nitrogen functional groups attached to an aromatic ring is 1. The second-order valence-corrected chi connectivity index (χ2v) is 8.00. The van der Waals surface area contributed by atoms with Crippen molar-refractivity contribution in [3.63, 3.8) is 0 Å². The lowest BCUT2D eigenvalue weighted by molar-refractivity contribution is 0.393. The minimum Gasteiger partial charge on any atom is -0.399 e. The Morgan fingerprint density at radius 2 is 1.44 bits per heavy atom. The van der Waals surface area contributed by atoms with Crippen LogP contribution in [0.25, 0.3) is 0 Å². The zero-order valence-electron chi connectivity index (χ0n) is 14.3. The number of sulfonamides is 1. The van der Waals surface area contributed by atoms with Crippen LogP contribution in [0.2, 0.25) is 0 Å². The molecule has 0 saturated heterocycles. The molecule has 0 fully saturated rings. The minimum atomic E-state index is -3.92. The van der Waals surface area contributed by atoms with Crippen molar-refractivity contribution in [3.05, 3.63) is 95.6 Å². The Kier molecular flexibility index (Phi) is 5.53. The maximum Gasteiger partial charge on any atom is 0.243 e. The van der Waals surface area contributed by atoms with E-state index in [1.807, 2.05) is 0 Å². The zero-order valence-corrected chi connectivity index (χ0v) is 15.2. The van der Waals surface area contributed by atoms with Gasteiger partial charge in [-0.25, -0.2) is 17.2 Å². The first-order valence-electron chi connectivity index (χ1n) is 8.20. The third-order valence-corrected chi connectivity index (χ3v) is 5.90. The van der Waals surface area contributed by atoms with Crippen LogP contribution in [-0.2, 0) is 23.1 Å². The molecule has 3 aromatic carbocycles. The average Bonchev–Trinajstić information content (AvgIpc) is 2.65. The predicted molar refractivity (Wildman–Crippen MR) is 100 cm³/mol. The van der Waals surface area contributed by atoms with Crippen LogP contribution in [0.1, 0.15) is 11.1 Å². The Hall–Kier alpha value is -2.77. The van der Waals surface area contributed by atoms with E-state index >= 15 is 0 Å². The van der Waals surface area contributed by atoms with Crippen molar-refractivity contribution < 1.29 is 17.2 Å². The van der Waals surface area contributed by atoms with Gasteiger partial charge >= 0.3 is 0 Å². The van der Waals surface area contributed by atoms with Crippen LogP contribution in [0.3, 0.4) is 0 Å². The van der Waals surface area contributed by atoms with Gasteiger partial charge in [0.15, 0.2) is 0 Å². The monoisotopic (exact) mass is 388 g/mol. The van der Waals surface area contributed by atoms with Gasteiger partial charge in [-0.2, -0.15) is 4.31 Å². The molecule has 0 aliphatic carbocycles. The maximum atomic E-state index is 14.1. The summed E-state index contributed by atoms with van der Waals surface area (Å²) in [5, 5.41) is 0. The summed E-state index contributed by atoms with van der Waals surface area (Å²) in [7, 11) is -3.92. The molecule has 0 heterocycles. The van der Waals surface area contributed by atoms with Gasteiger partial charge in [-0.3, -0.25) is 0 Å². The molecule has 27 heavy (non-hydrogen) atoms. The highest BCUT2D eigenvalue weighted by Gasteiger charge is 2.25. The molecule has 0 saturated carbocycles. The average molecular weight is 388 g/mol. The lowest BCUT2D eigenvalue weighted by atomic mass is 10.2. The Morgan fingerprint density at radius 1 is 0.815 bits per heavy atom. The summed E-state index contributed by atoms with van der Waals surface area (Å²) in [6.07, 6.45) is 0. The summed E-state index contributed by atoms with van der Waals surface area (Å²) in [4.78, 5) is 0.0511. The van der Waals surface area contributed by atoms with Gasteiger partial charge in [0, 0.05) is 24.3 Å². The van der Waals surface area contributed by atoms with E-state index in [2.05, 4.69) is 0 Å². The zero-order chi connectivity index (χ0) is 19.4. The molecule has 0 aliphatic heterocycles. The molecule has 140 valence electrons. The van der Waals surface area contributed by atoms with Crippen LogP contribution in [0.4, 0.5) is 14.5 Å². The highest BCUT2D eigenvalue weighted by Crippen LogP contribution is 2.23. The molecule has 0 amide bonds. The number of nitrogens with two attached hydrogens (primary N) is 1. The van der Waals surface area contributed by atoms with Crippen molar-refractivity contribution in [1.29, 1.82) is 0 Å². The van der Waals surface area contributed by atoms with E-state index in [0.717, 1.165) is 4.31 Å². The number of anilines is 1. The summed E-state index contributed by atoms with van der Waals surface area (Å²) in [6, 6.07) is 17.3. The van der Waals surface area contributed by atoms with Crippen LogP contribution >= 0.6 is 0 Å². The predicted octanol–water partition coefficient (Wildman–Crippen LogP) is 3.94. The molecule has 2 N–H and O–H groups in total. The minimum absolute atomic E-state index is 0.0265. The lowest BCUT2D eigenvalue weighted by Crippen LogP contribution is -2.30. The number of hydrogen-bond donors (Lipinski definition) is 1. The molecule has 0 unspecified atom stereocenters. The number of halogens is 2. The number of rotatable bonds is 6. The summed E-state index contributed by atoms with van der Waals surface area (Å²) in [5.74, 6) is -0.907. The van der Waals surface area contributed by atoms with Gasteiger partial charge in [0.05, 0.1) is 4.90 Å². The molecule has 0 atom stereocenters. The van der Waals surface area contributed by atoms with Gasteiger partial charge < -0.3 is 5.73 Å². The van der Waals surface area contributed by atoms with Crippen molar-refractivity contribution in [1.82, 2.24) is 4.31 Å². The van der Waals surface area contributed by atoms with Gasteiger partial charge in [-0.1, -0.05) is 30.3 Å². The fourth-order valence-corrected chi connectivity index (χ4v) is 4.03. The number of nitrogens with zero attached hydrogens (tertiary/aromatic N) is 1.